The number of nitrogens with zero attached hydrogens (tertiary/aromatic N) is 2. The molecule has 1 atom stereocenters. The van der Waals surface area contributed by atoms with Gasteiger partial charge in [0, 0.05) is 18.8 Å². The first-order valence-corrected chi connectivity index (χ1v) is 11.7. The van der Waals surface area contributed by atoms with E-state index in [1.54, 1.807) is 0 Å². The van der Waals surface area contributed by atoms with Crippen molar-refractivity contribution in [2.45, 2.75) is 57.5 Å². The lowest BCUT2D eigenvalue weighted by atomic mass is 9.89. The average molecular weight is 434 g/mol. The molecule has 2 heterocycles. The number of amides is 1. The van der Waals surface area contributed by atoms with Crippen molar-refractivity contribution in [1.82, 2.24) is 9.55 Å². The third-order valence-electron chi connectivity index (χ3n) is 7.00. The smallest absolute Gasteiger partial charge is 0.326 e. The minimum absolute atomic E-state index is 0.0683. The quantitative estimate of drug-likeness (QED) is 0.545. The average Bonchev–Trinajstić information content (AvgIpc) is 3.40. The summed E-state index contributed by atoms with van der Waals surface area (Å²) in [6.45, 7) is 1.50. The van der Waals surface area contributed by atoms with Gasteiger partial charge in [0.2, 0.25) is 5.91 Å². The van der Waals surface area contributed by atoms with Gasteiger partial charge in [0.05, 0.1) is 22.4 Å². The molecule has 0 radical (unpaired) electrons. The molecule has 1 amide bonds. The second kappa shape index (κ2) is 8.73. The van der Waals surface area contributed by atoms with Gasteiger partial charge in [-0.05, 0) is 55.9 Å². The Morgan fingerprint density at radius 3 is 2.59 bits per heavy atom. The van der Waals surface area contributed by atoms with Gasteiger partial charge in [0.1, 0.15) is 6.04 Å². The molecule has 3 aromatic rings. The first-order valence-electron chi connectivity index (χ1n) is 11.7. The molecular weight excluding hydrogens is 402 g/mol. The number of imidazole rings is 1. The Labute approximate surface area is 187 Å². The molecule has 1 saturated carbocycles. The molecule has 0 unspecified atom stereocenters. The fraction of sp³-hybridized carbons (Fsp3) is 0.440. The van der Waals surface area contributed by atoms with Crippen molar-refractivity contribution in [2.24, 2.45) is 11.7 Å². The summed E-state index contributed by atoms with van der Waals surface area (Å²) in [4.78, 5) is 30.2. The van der Waals surface area contributed by atoms with Gasteiger partial charge in [-0.25, -0.2) is 4.79 Å². The number of benzene rings is 2. The summed E-state index contributed by atoms with van der Waals surface area (Å²) in [6, 6.07) is 13.6. The molecule has 2 fully saturated rings. The fourth-order valence-corrected chi connectivity index (χ4v) is 5.37. The Balaban J connectivity index is 1.59. The van der Waals surface area contributed by atoms with E-state index >= 15 is 0 Å². The molecule has 1 aromatic heterocycles. The number of rotatable bonds is 6. The lowest BCUT2D eigenvalue weighted by Crippen LogP contribution is -2.40. The number of para-hydroxylation sites is 1. The molecule has 0 bridgehead atoms. The summed E-state index contributed by atoms with van der Waals surface area (Å²) in [5, 5.41) is 3.49. The number of carbonyl (C=O) groups excluding carboxylic acids is 1. The lowest BCUT2D eigenvalue weighted by molar-refractivity contribution is -0.119. The third-order valence-corrected chi connectivity index (χ3v) is 7.00. The number of hydrogen-bond acceptors (Lipinski definition) is 4. The highest BCUT2D eigenvalue weighted by molar-refractivity contribution is 5.93. The van der Waals surface area contributed by atoms with E-state index in [1.807, 2.05) is 41.0 Å². The Kier molecular flexibility index (Phi) is 5.64. The van der Waals surface area contributed by atoms with E-state index in [0.717, 1.165) is 54.0 Å². The number of nitrogens with two attached hydrogens (primary N) is 1. The van der Waals surface area contributed by atoms with Gasteiger partial charge in [0.15, 0.2) is 0 Å². The van der Waals surface area contributed by atoms with Crippen LogP contribution in [0, 0.1) is 5.92 Å². The Bertz CT molecular complexity index is 1160. The maximum absolute atomic E-state index is 12.9. The van der Waals surface area contributed by atoms with Crippen molar-refractivity contribution in [3.05, 3.63) is 52.9 Å². The molecular formula is C25H31N5O2. The van der Waals surface area contributed by atoms with Crippen molar-refractivity contribution >= 4 is 34.0 Å². The maximum Gasteiger partial charge on any atom is 0.326 e. The molecule has 1 aliphatic heterocycles. The zero-order chi connectivity index (χ0) is 22.1. The van der Waals surface area contributed by atoms with Crippen LogP contribution in [0.25, 0.3) is 11.0 Å². The Morgan fingerprint density at radius 1 is 1.06 bits per heavy atom. The number of aromatic nitrogens is 2. The van der Waals surface area contributed by atoms with Crippen LogP contribution in [0.3, 0.4) is 0 Å². The molecule has 1 saturated heterocycles. The van der Waals surface area contributed by atoms with Crippen molar-refractivity contribution in [3.63, 3.8) is 0 Å². The van der Waals surface area contributed by atoms with E-state index in [2.05, 4.69) is 21.3 Å². The molecule has 2 aromatic carbocycles. The first-order chi connectivity index (χ1) is 15.6. The van der Waals surface area contributed by atoms with E-state index < -0.39 is 0 Å². The van der Waals surface area contributed by atoms with Crippen LogP contribution in [0.2, 0.25) is 0 Å². The molecule has 7 heteroatoms. The molecule has 5 rings (SSSR count). The monoisotopic (exact) mass is 433 g/mol. The SMILES string of the molecule is NC(=O)[C@H]1CCCN1c1cc2c(cc1Nc1ccccc1)[nH]c(=O)n2CC1CCCCC1. The van der Waals surface area contributed by atoms with Crippen molar-refractivity contribution < 1.29 is 4.79 Å². The van der Waals surface area contributed by atoms with Crippen LogP contribution >= 0.6 is 0 Å². The van der Waals surface area contributed by atoms with E-state index in [9.17, 15) is 9.59 Å². The van der Waals surface area contributed by atoms with Gasteiger partial charge < -0.3 is 20.9 Å². The van der Waals surface area contributed by atoms with Gasteiger partial charge >= 0.3 is 5.69 Å². The number of hydrogen-bond donors (Lipinski definition) is 3. The summed E-state index contributed by atoms with van der Waals surface area (Å²) < 4.78 is 1.89. The topological polar surface area (TPSA) is 96.2 Å². The van der Waals surface area contributed by atoms with Gasteiger partial charge in [-0.15, -0.1) is 0 Å². The van der Waals surface area contributed by atoms with Crippen molar-refractivity contribution in [3.8, 4) is 0 Å². The van der Waals surface area contributed by atoms with Gasteiger partial charge in [-0.2, -0.15) is 0 Å². The van der Waals surface area contributed by atoms with E-state index in [4.69, 9.17) is 5.73 Å². The summed E-state index contributed by atoms with van der Waals surface area (Å²) in [7, 11) is 0. The minimum Gasteiger partial charge on any atom is -0.368 e. The van der Waals surface area contributed by atoms with E-state index in [0.29, 0.717) is 5.92 Å². The van der Waals surface area contributed by atoms with E-state index in [1.165, 1.54) is 32.1 Å². The normalized spacial score (nSPS) is 19.5. The largest absolute Gasteiger partial charge is 0.368 e. The second-order valence-electron chi connectivity index (χ2n) is 9.18. The lowest BCUT2D eigenvalue weighted by Gasteiger charge is -2.28. The molecule has 32 heavy (non-hydrogen) atoms. The predicted molar refractivity (Wildman–Crippen MR) is 128 cm³/mol. The second-order valence-corrected chi connectivity index (χ2v) is 9.18. The van der Waals surface area contributed by atoms with Crippen LogP contribution in [0.1, 0.15) is 44.9 Å². The number of aromatic amines is 1. The molecule has 0 spiro atoms. The van der Waals surface area contributed by atoms with Gasteiger partial charge in [-0.1, -0.05) is 37.5 Å². The number of H-pyrrole nitrogens is 1. The zero-order valence-corrected chi connectivity index (χ0v) is 18.3. The number of fused-ring (bicyclic) bond motifs is 1. The molecule has 1 aliphatic carbocycles. The van der Waals surface area contributed by atoms with Gasteiger partial charge in [-0.3, -0.25) is 9.36 Å². The number of primary amides is 1. The summed E-state index contributed by atoms with van der Waals surface area (Å²) in [5.41, 5.74) is 10.1. The molecule has 7 nitrogen and oxygen atoms in total. The van der Waals surface area contributed by atoms with Gasteiger partial charge in [0.25, 0.3) is 0 Å². The number of nitrogens with one attached hydrogen (secondary N) is 2. The van der Waals surface area contributed by atoms with Crippen LogP contribution in [0.4, 0.5) is 17.1 Å². The van der Waals surface area contributed by atoms with Crippen LogP contribution in [0.5, 0.6) is 0 Å². The Hall–Kier alpha value is -3.22. The maximum atomic E-state index is 12.9. The highest BCUT2D eigenvalue weighted by Gasteiger charge is 2.31. The number of anilines is 3. The summed E-state index contributed by atoms with van der Waals surface area (Å²) >= 11 is 0. The summed E-state index contributed by atoms with van der Waals surface area (Å²) in [6.07, 6.45) is 7.80. The molecule has 2 aliphatic rings. The standard InChI is InChI=1S/C25H31N5O2/c26-24(31)21-12-7-13-29(21)22-15-23-20(14-19(22)27-18-10-5-2-6-11-18)28-25(32)30(23)16-17-8-3-1-4-9-17/h2,5-6,10-11,14-15,17,21,27H,1,3-4,7-9,12-13,16H2,(H2,26,31)(H,28,32)/t21-/m1/s1. The van der Waals surface area contributed by atoms with E-state index in [-0.39, 0.29) is 17.6 Å². The van der Waals surface area contributed by atoms with Crippen LogP contribution in [-0.2, 0) is 11.3 Å². The molecule has 168 valence electrons. The zero-order valence-electron chi connectivity index (χ0n) is 18.3. The van der Waals surface area contributed by atoms with Crippen LogP contribution in [0.15, 0.2) is 47.3 Å². The van der Waals surface area contributed by atoms with Crippen molar-refractivity contribution in [2.75, 3.05) is 16.8 Å². The van der Waals surface area contributed by atoms with Crippen molar-refractivity contribution in [1.29, 1.82) is 0 Å². The predicted octanol–water partition coefficient (Wildman–Crippen LogP) is 4.11. The summed E-state index contributed by atoms with van der Waals surface area (Å²) in [5.74, 6) is 0.234. The minimum atomic E-state index is -0.332. The number of carbonyl (C=O) groups is 1. The van der Waals surface area contributed by atoms with Crippen LogP contribution in [-0.4, -0.2) is 28.0 Å². The highest BCUT2D eigenvalue weighted by Crippen LogP contribution is 2.37. The highest BCUT2D eigenvalue weighted by atomic mass is 16.2. The first kappa shape index (κ1) is 20.7. The molecule has 4 N–H and O–H groups in total. The Morgan fingerprint density at radius 2 is 1.84 bits per heavy atom. The van der Waals surface area contributed by atoms with Crippen LogP contribution < -0.4 is 21.6 Å². The third kappa shape index (κ3) is 3.99. The fourth-order valence-electron chi connectivity index (χ4n) is 5.37.